The number of hydrogen-bond donors (Lipinski definition) is 2. The lowest BCUT2D eigenvalue weighted by Gasteiger charge is -2.22. The van der Waals surface area contributed by atoms with Crippen molar-refractivity contribution in [3.05, 3.63) is 101 Å². The van der Waals surface area contributed by atoms with E-state index in [0.717, 1.165) is 11.3 Å². The van der Waals surface area contributed by atoms with E-state index in [9.17, 15) is 14.7 Å². The minimum Gasteiger partial charge on any atom is -0.477 e. The van der Waals surface area contributed by atoms with Crippen molar-refractivity contribution in [2.45, 2.75) is 26.2 Å². The average Bonchev–Trinajstić information content (AvgIpc) is 2.74. The summed E-state index contributed by atoms with van der Waals surface area (Å²) in [6.07, 6.45) is 1.41. The molecule has 0 spiro atoms. The molecule has 0 atom stereocenters. The van der Waals surface area contributed by atoms with Crippen LogP contribution in [0.1, 0.15) is 42.3 Å². The highest BCUT2D eigenvalue weighted by Gasteiger charge is 2.19. The topological polar surface area (TPSA) is 75.6 Å². The molecule has 2 N–H and O–H groups in total. The van der Waals surface area contributed by atoms with E-state index < -0.39 is 11.9 Å². The average molecular weight is 415 g/mol. The van der Waals surface area contributed by atoms with Gasteiger partial charge in [-0.15, -0.1) is 0 Å². The largest absolute Gasteiger partial charge is 0.477 e. The Morgan fingerprint density at radius 3 is 2.10 bits per heavy atom. The second-order valence-electron chi connectivity index (χ2n) is 8.10. The summed E-state index contributed by atoms with van der Waals surface area (Å²) >= 11 is 0. The van der Waals surface area contributed by atoms with Crippen molar-refractivity contribution in [3.63, 3.8) is 0 Å². The maximum absolute atomic E-state index is 12.3. The standard InChI is InChI=1S/C26H25NO4/c1-26(2,3)21-11-7-8-12-23(21)31-20-15-13-18(14-16-20)17-22(25(29)30)27-24(28)19-9-5-4-6-10-19/h4-17H,1-3H3,(H,27,28)(H,29,30)/b22-17-. The predicted octanol–water partition coefficient (Wildman–Crippen LogP) is 5.63. The molecule has 1 amide bonds. The van der Waals surface area contributed by atoms with Crippen LogP contribution in [0.5, 0.6) is 11.5 Å². The number of nitrogens with one attached hydrogen (secondary N) is 1. The van der Waals surface area contributed by atoms with Gasteiger partial charge in [0, 0.05) is 11.1 Å². The van der Waals surface area contributed by atoms with Gasteiger partial charge in [-0.1, -0.05) is 69.3 Å². The third kappa shape index (κ3) is 5.82. The van der Waals surface area contributed by atoms with Crippen LogP contribution in [0.2, 0.25) is 0 Å². The number of amides is 1. The lowest BCUT2D eigenvalue weighted by molar-refractivity contribution is -0.132. The van der Waals surface area contributed by atoms with Crippen LogP contribution in [-0.4, -0.2) is 17.0 Å². The van der Waals surface area contributed by atoms with Crippen LogP contribution < -0.4 is 10.1 Å². The van der Waals surface area contributed by atoms with Gasteiger partial charge in [0.1, 0.15) is 17.2 Å². The summed E-state index contributed by atoms with van der Waals surface area (Å²) in [7, 11) is 0. The molecule has 0 aromatic heterocycles. The van der Waals surface area contributed by atoms with Crippen LogP contribution in [0.3, 0.4) is 0 Å². The Hall–Kier alpha value is -3.86. The van der Waals surface area contributed by atoms with Gasteiger partial charge in [-0.2, -0.15) is 0 Å². The van der Waals surface area contributed by atoms with Crippen molar-refractivity contribution >= 4 is 18.0 Å². The lowest BCUT2D eigenvalue weighted by Crippen LogP contribution is -2.27. The van der Waals surface area contributed by atoms with Crippen molar-refractivity contribution in [1.82, 2.24) is 5.32 Å². The predicted molar refractivity (Wildman–Crippen MR) is 121 cm³/mol. The Bertz CT molecular complexity index is 1090. The Labute approximate surface area is 182 Å². The summed E-state index contributed by atoms with van der Waals surface area (Å²) < 4.78 is 6.06. The Balaban J connectivity index is 1.78. The van der Waals surface area contributed by atoms with Gasteiger partial charge in [0.2, 0.25) is 0 Å². The Morgan fingerprint density at radius 1 is 0.871 bits per heavy atom. The molecular formula is C26H25NO4. The fourth-order valence-corrected chi connectivity index (χ4v) is 3.04. The summed E-state index contributed by atoms with van der Waals surface area (Å²) in [4.78, 5) is 23.9. The highest BCUT2D eigenvalue weighted by atomic mass is 16.5. The van der Waals surface area contributed by atoms with Crippen LogP contribution in [0.4, 0.5) is 0 Å². The minimum atomic E-state index is -1.22. The number of carbonyl (C=O) groups excluding carboxylic acids is 1. The zero-order chi connectivity index (χ0) is 22.4. The maximum atomic E-state index is 12.3. The van der Waals surface area contributed by atoms with E-state index in [-0.39, 0.29) is 11.1 Å². The minimum absolute atomic E-state index is 0.0629. The molecule has 0 unspecified atom stereocenters. The van der Waals surface area contributed by atoms with Gasteiger partial charge in [0.15, 0.2) is 0 Å². The molecule has 0 saturated heterocycles. The number of carbonyl (C=O) groups is 2. The quantitative estimate of drug-likeness (QED) is 0.512. The smallest absolute Gasteiger partial charge is 0.352 e. The highest BCUT2D eigenvalue weighted by molar-refractivity contribution is 6.02. The van der Waals surface area contributed by atoms with Crippen LogP contribution >= 0.6 is 0 Å². The molecule has 3 aromatic rings. The van der Waals surface area contributed by atoms with Crippen molar-refractivity contribution in [2.75, 3.05) is 0 Å². The number of aliphatic carboxylic acids is 1. The van der Waals surface area contributed by atoms with E-state index in [2.05, 4.69) is 26.1 Å². The number of rotatable bonds is 6. The molecule has 0 aliphatic carbocycles. The third-order valence-electron chi connectivity index (χ3n) is 4.63. The number of carboxylic acids is 1. The maximum Gasteiger partial charge on any atom is 0.352 e. The molecule has 0 bridgehead atoms. The number of ether oxygens (including phenoxy) is 1. The fraction of sp³-hybridized carbons (Fsp3) is 0.154. The SMILES string of the molecule is CC(C)(C)c1ccccc1Oc1ccc(/C=C(\NC(=O)c2ccccc2)C(=O)O)cc1. The van der Waals surface area contributed by atoms with Crippen LogP contribution in [0.25, 0.3) is 6.08 Å². The summed E-state index contributed by atoms with van der Waals surface area (Å²) in [5.41, 5.74) is 1.83. The van der Waals surface area contributed by atoms with Crippen LogP contribution in [-0.2, 0) is 10.2 Å². The molecular weight excluding hydrogens is 390 g/mol. The summed E-state index contributed by atoms with van der Waals surface area (Å²) in [6.45, 7) is 6.38. The van der Waals surface area contributed by atoms with Gasteiger partial charge in [0.05, 0.1) is 0 Å². The van der Waals surface area contributed by atoms with Crippen molar-refractivity contribution in [2.24, 2.45) is 0 Å². The molecule has 0 radical (unpaired) electrons. The first-order chi connectivity index (χ1) is 14.7. The van der Waals surface area contributed by atoms with Gasteiger partial charge < -0.3 is 15.2 Å². The molecule has 5 heteroatoms. The molecule has 0 saturated carbocycles. The monoisotopic (exact) mass is 415 g/mol. The van der Waals surface area contributed by atoms with Crippen LogP contribution in [0.15, 0.2) is 84.6 Å². The molecule has 158 valence electrons. The van der Waals surface area contributed by atoms with Gasteiger partial charge in [0.25, 0.3) is 5.91 Å². The normalized spacial score (nSPS) is 11.6. The Kier molecular flexibility index (Phi) is 6.55. The fourth-order valence-electron chi connectivity index (χ4n) is 3.04. The van der Waals surface area contributed by atoms with Crippen molar-refractivity contribution in [3.8, 4) is 11.5 Å². The lowest BCUT2D eigenvalue weighted by atomic mass is 9.86. The van der Waals surface area contributed by atoms with Gasteiger partial charge in [-0.3, -0.25) is 4.79 Å². The molecule has 3 rings (SSSR count). The summed E-state index contributed by atoms with van der Waals surface area (Å²) in [6, 6.07) is 23.4. The number of carboxylic acid groups (broad SMARTS) is 1. The zero-order valence-corrected chi connectivity index (χ0v) is 17.8. The first-order valence-electron chi connectivity index (χ1n) is 9.93. The zero-order valence-electron chi connectivity index (χ0n) is 17.8. The summed E-state index contributed by atoms with van der Waals surface area (Å²) in [5.74, 6) is -0.282. The van der Waals surface area contributed by atoms with Crippen molar-refractivity contribution < 1.29 is 19.4 Å². The van der Waals surface area contributed by atoms with E-state index in [0.29, 0.717) is 16.9 Å². The van der Waals surface area contributed by atoms with Gasteiger partial charge in [-0.25, -0.2) is 4.79 Å². The van der Waals surface area contributed by atoms with Gasteiger partial charge >= 0.3 is 5.97 Å². The van der Waals surface area contributed by atoms with E-state index >= 15 is 0 Å². The first kappa shape index (κ1) is 21.8. The summed E-state index contributed by atoms with van der Waals surface area (Å²) in [5, 5.41) is 11.9. The molecule has 0 aliphatic rings. The first-order valence-corrected chi connectivity index (χ1v) is 9.93. The number of para-hydroxylation sites is 1. The molecule has 31 heavy (non-hydrogen) atoms. The molecule has 0 aliphatic heterocycles. The van der Waals surface area contributed by atoms with E-state index in [1.807, 2.05) is 24.3 Å². The van der Waals surface area contributed by atoms with Crippen molar-refractivity contribution in [1.29, 1.82) is 0 Å². The molecule has 5 nitrogen and oxygen atoms in total. The van der Waals surface area contributed by atoms with Gasteiger partial charge in [-0.05, 0) is 47.4 Å². The number of hydrogen-bond acceptors (Lipinski definition) is 3. The third-order valence-corrected chi connectivity index (χ3v) is 4.63. The highest BCUT2D eigenvalue weighted by Crippen LogP contribution is 2.34. The second kappa shape index (κ2) is 9.30. The molecule has 0 fully saturated rings. The van der Waals surface area contributed by atoms with Crippen LogP contribution in [0, 0.1) is 0 Å². The molecule has 3 aromatic carbocycles. The van der Waals surface area contributed by atoms with E-state index in [1.54, 1.807) is 54.6 Å². The second-order valence-corrected chi connectivity index (χ2v) is 8.10. The molecule has 0 heterocycles. The van der Waals surface area contributed by atoms with E-state index in [1.165, 1.54) is 6.08 Å². The Morgan fingerprint density at radius 2 is 1.48 bits per heavy atom. The van der Waals surface area contributed by atoms with E-state index in [4.69, 9.17) is 4.74 Å². The number of benzene rings is 3.